The van der Waals surface area contributed by atoms with Crippen molar-refractivity contribution in [1.29, 1.82) is 0 Å². The van der Waals surface area contributed by atoms with Gasteiger partial charge in [0.15, 0.2) is 0 Å². The van der Waals surface area contributed by atoms with E-state index in [4.69, 9.17) is 4.52 Å². The molecule has 1 atom stereocenters. The van der Waals surface area contributed by atoms with E-state index in [2.05, 4.69) is 41.5 Å². The molecule has 0 saturated heterocycles. The van der Waals surface area contributed by atoms with Gasteiger partial charge in [0.05, 0.1) is 23.0 Å². The average molecular weight is 389 g/mol. The van der Waals surface area contributed by atoms with E-state index in [1.54, 1.807) is 0 Å². The van der Waals surface area contributed by atoms with Gasteiger partial charge in [0.25, 0.3) is 0 Å². The Hall–Kier alpha value is -2.22. The summed E-state index contributed by atoms with van der Waals surface area (Å²) in [6.45, 7) is 0. The smallest absolute Gasteiger partial charge is 0.236 e. The van der Waals surface area contributed by atoms with Gasteiger partial charge in [-0.25, -0.2) is 0 Å². The maximum absolute atomic E-state index is 5.53. The number of hydrogen-bond acceptors (Lipinski definition) is 6. The summed E-state index contributed by atoms with van der Waals surface area (Å²) in [6, 6.07) is 6.04. The highest BCUT2D eigenvalue weighted by Gasteiger charge is 2.30. The Kier molecular flexibility index (Phi) is 3.84. The minimum Gasteiger partial charge on any atom is -0.377 e. The number of anilines is 1. The van der Waals surface area contributed by atoms with E-state index in [1.807, 2.05) is 37.2 Å². The third-order valence-electron chi connectivity index (χ3n) is 4.32. The summed E-state index contributed by atoms with van der Waals surface area (Å²) in [5.41, 5.74) is 3.95. The van der Waals surface area contributed by atoms with Gasteiger partial charge in [0.1, 0.15) is 0 Å². The van der Waals surface area contributed by atoms with E-state index < -0.39 is 0 Å². The zero-order valence-corrected chi connectivity index (χ0v) is 15.0. The lowest BCUT2D eigenvalue weighted by Gasteiger charge is -2.15. The third kappa shape index (κ3) is 2.60. The number of hydrogen-bond donors (Lipinski definition) is 1. The van der Waals surface area contributed by atoms with Crippen LogP contribution in [0.4, 0.5) is 5.69 Å². The van der Waals surface area contributed by atoms with Crippen LogP contribution < -0.4 is 4.90 Å². The van der Waals surface area contributed by atoms with E-state index in [-0.39, 0.29) is 5.92 Å². The molecular formula is C16H17BrN6O. The lowest BCUT2D eigenvalue weighted by atomic mass is 9.90. The largest absolute Gasteiger partial charge is 0.377 e. The highest BCUT2D eigenvalue weighted by atomic mass is 79.9. The Labute approximate surface area is 147 Å². The van der Waals surface area contributed by atoms with Gasteiger partial charge < -0.3 is 9.42 Å². The maximum Gasteiger partial charge on any atom is 0.236 e. The van der Waals surface area contributed by atoms with Crippen molar-refractivity contribution >= 4 is 21.6 Å². The average Bonchev–Trinajstić information content (AvgIpc) is 3.23. The van der Waals surface area contributed by atoms with Gasteiger partial charge in [0, 0.05) is 24.1 Å². The van der Waals surface area contributed by atoms with Crippen LogP contribution in [0.1, 0.15) is 36.0 Å². The predicted molar refractivity (Wildman–Crippen MR) is 92.9 cm³/mol. The first-order valence-electron chi connectivity index (χ1n) is 7.84. The summed E-state index contributed by atoms with van der Waals surface area (Å²) in [6.07, 6.45) is 2.94. The van der Waals surface area contributed by atoms with E-state index in [9.17, 15) is 0 Å². The Morgan fingerprint density at radius 3 is 2.96 bits per heavy atom. The number of fused-ring (bicyclic) bond motifs is 1. The van der Waals surface area contributed by atoms with Crippen LogP contribution in [0.15, 0.2) is 27.2 Å². The second kappa shape index (κ2) is 6.01. The summed E-state index contributed by atoms with van der Waals surface area (Å²) in [7, 11) is 4.01. The highest BCUT2D eigenvalue weighted by molar-refractivity contribution is 9.10. The van der Waals surface area contributed by atoms with Crippen LogP contribution >= 0.6 is 15.9 Å². The Bertz CT molecular complexity index is 871. The summed E-state index contributed by atoms with van der Waals surface area (Å²) in [5, 5.41) is 15.3. The summed E-state index contributed by atoms with van der Waals surface area (Å²) < 4.78 is 6.53. The molecule has 1 N–H and O–H groups in total. The summed E-state index contributed by atoms with van der Waals surface area (Å²) in [4.78, 5) is 6.65. The number of nitrogens with zero attached hydrogens (tertiary/aromatic N) is 5. The maximum atomic E-state index is 5.53. The molecule has 0 spiro atoms. The molecule has 7 nitrogen and oxygen atoms in total. The fraction of sp³-hybridized carbons (Fsp3) is 0.375. The molecule has 8 heteroatoms. The molecule has 0 aliphatic heterocycles. The van der Waals surface area contributed by atoms with E-state index in [0.717, 1.165) is 46.4 Å². The lowest BCUT2D eigenvalue weighted by molar-refractivity contribution is 0.352. The first-order valence-corrected chi connectivity index (χ1v) is 8.63. The molecule has 0 radical (unpaired) electrons. The van der Waals surface area contributed by atoms with E-state index in [1.165, 1.54) is 0 Å². The molecule has 0 bridgehead atoms. The molecule has 1 aromatic carbocycles. The lowest BCUT2D eigenvalue weighted by Crippen LogP contribution is -2.11. The molecule has 0 saturated carbocycles. The van der Waals surface area contributed by atoms with E-state index in [0.29, 0.717) is 11.7 Å². The van der Waals surface area contributed by atoms with Crippen LogP contribution in [0.25, 0.3) is 11.4 Å². The molecule has 2 heterocycles. The monoisotopic (exact) mass is 388 g/mol. The van der Waals surface area contributed by atoms with Crippen molar-refractivity contribution in [2.75, 3.05) is 19.0 Å². The van der Waals surface area contributed by atoms with Gasteiger partial charge in [-0.15, -0.1) is 0 Å². The quantitative estimate of drug-likeness (QED) is 0.741. The van der Waals surface area contributed by atoms with E-state index >= 15 is 0 Å². The first-order chi connectivity index (χ1) is 11.6. The third-order valence-corrected chi connectivity index (χ3v) is 4.95. The van der Waals surface area contributed by atoms with Gasteiger partial charge in [-0.1, -0.05) is 5.16 Å². The Morgan fingerprint density at radius 2 is 2.17 bits per heavy atom. The molecule has 0 fully saturated rings. The number of aromatic amines is 1. The standard InChI is InChI=1S/C16H17BrN6O/c1-23(2)13-7-6-9(8-11(13)17)15-18-16(24-21-15)10-4-3-5-12-14(10)20-22-19-12/h6-8,10H,3-5H2,1-2H3,(H,19,20,22). The van der Waals surface area contributed by atoms with Crippen molar-refractivity contribution in [3.8, 4) is 11.4 Å². The first kappa shape index (κ1) is 15.3. The number of aromatic nitrogens is 5. The zero-order valence-electron chi connectivity index (χ0n) is 13.5. The second-order valence-corrected chi connectivity index (χ2v) is 6.97. The predicted octanol–water partition coefficient (Wildman–Crippen LogP) is 3.15. The summed E-state index contributed by atoms with van der Waals surface area (Å²) >= 11 is 3.59. The SMILES string of the molecule is CN(C)c1ccc(-c2noc(C3CCCc4n[nH]nc43)n2)cc1Br. The van der Waals surface area contributed by atoms with Crippen molar-refractivity contribution < 1.29 is 4.52 Å². The van der Waals surface area contributed by atoms with Gasteiger partial charge in [0.2, 0.25) is 11.7 Å². The fourth-order valence-corrected chi connectivity index (χ4v) is 3.81. The van der Waals surface area contributed by atoms with Crippen molar-refractivity contribution in [2.45, 2.75) is 25.2 Å². The molecule has 2 aromatic heterocycles. The normalized spacial score (nSPS) is 16.9. The highest BCUT2D eigenvalue weighted by Crippen LogP contribution is 2.35. The molecule has 4 rings (SSSR count). The number of rotatable bonds is 3. The molecule has 24 heavy (non-hydrogen) atoms. The summed E-state index contributed by atoms with van der Waals surface area (Å²) in [5.74, 6) is 1.22. The fourth-order valence-electron chi connectivity index (χ4n) is 3.08. The van der Waals surface area contributed by atoms with Gasteiger partial charge in [-0.2, -0.15) is 20.4 Å². The Morgan fingerprint density at radius 1 is 1.29 bits per heavy atom. The number of benzene rings is 1. The molecular weight excluding hydrogens is 372 g/mol. The molecule has 3 aromatic rings. The molecule has 1 aliphatic rings. The molecule has 0 amide bonds. The van der Waals surface area contributed by atoms with Crippen LogP contribution in [0.2, 0.25) is 0 Å². The van der Waals surface area contributed by atoms with Gasteiger partial charge in [-0.3, -0.25) is 0 Å². The number of H-pyrrole nitrogens is 1. The van der Waals surface area contributed by atoms with Gasteiger partial charge in [-0.05, 0) is 53.4 Å². The number of halogens is 1. The van der Waals surface area contributed by atoms with Crippen molar-refractivity contribution in [3.05, 3.63) is 40.0 Å². The molecule has 1 aliphatic carbocycles. The van der Waals surface area contributed by atoms with Crippen LogP contribution in [0.5, 0.6) is 0 Å². The minimum atomic E-state index is 0.0261. The van der Waals surface area contributed by atoms with Crippen molar-refractivity contribution in [2.24, 2.45) is 0 Å². The van der Waals surface area contributed by atoms with Crippen LogP contribution in [0.3, 0.4) is 0 Å². The van der Waals surface area contributed by atoms with Crippen LogP contribution in [-0.4, -0.2) is 39.6 Å². The minimum absolute atomic E-state index is 0.0261. The number of nitrogens with one attached hydrogen (secondary N) is 1. The topological polar surface area (TPSA) is 83.7 Å². The zero-order chi connectivity index (χ0) is 16.7. The van der Waals surface area contributed by atoms with Crippen molar-refractivity contribution in [1.82, 2.24) is 25.6 Å². The second-order valence-electron chi connectivity index (χ2n) is 6.12. The molecule has 1 unspecified atom stereocenters. The van der Waals surface area contributed by atoms with Crippen LogP contribution in [0, 0.1) is 0 Å². The molecule has 124 valence electrons. The number of aryl methyl sites for hydroxylation is 1. The van der Waals surface area contributed by atoms with Gasteiger partial charge >= 0.3 is 0 Å². The van der Waals surface area contributed by atoms with Crippen molar-refractivity contribution in [3.63, 3.8) is 0 Å². The van der Waals surface area contributed by atoms with Crippen LogP contribution in [-0.2, 0) is 6.42 Å². The Balaban J connectivity index is 1.66.